The minimum Gasteiger partial charge on any atom is -0.339 e. The van der Waals surface area contributed by atoms with Gasteiger partial charge in [0, 0.05) is 29.6 Å². The molecule has 0 unspecified atom stereocenters. The number of hydrogen-bond acceptors (Lipinski definition) is 5. The Kier molecular flexibility index (Phi) is 4.13. The Labute approximate surface area is 143 Å². The zero-order valence-corrected chi connectivity index (χ0v) is 14.0. The van der Waals surface area contributed by atoms with E-state index in [0.29, 0.717) is 17.3 Å². The van der Waals surface area contributed by atoms with Crippen LogP contribution >= 0.6 is 11.3 Å². The van der Waals surface area contributed by atoms with Crippen molar-refractivity contribution in [1.82, 2.24) is 15.0 Å². The fourth-order valence-corrected chi connectivity index (χ4v) is 3.54. The van der Waals surface area contributed by atoms with E-state index in [1.165, 1.54) is 6.42 Å². The van der Waals surface area contributed by atoms with Crippen LogP contribution in [0.4, 0.5) is 0 Å². The maximum absolute atomic E-state index is 12.6. The summed E-state index contributed by atoms with van der Waals surface area (Å²) in [6.45, 7) is 1.68. The molecule has 24 heavy (non-hydrogen) atoms. The molecule has 0 aliphatic carbocycles. The highest BCUT2D eigenvalue weighted by Gasteiger charge is 2.19. The third-order valence-electron chi connectivity index (χ3n) is 4.21. The molecule has 122 valence electrons. The second-order valence-electron chi connectivity index (χ2n) is 5.87. The van der Waals surface area contributed by atoms with E-state index in [-0.39, 0.29) is 5.91 Å². The number of amides is 1. The molecule has 1 amide bonds. The van der Waals surface area contributed by atoms with E-state index >= 15 is 0 Å². The van der Waals surface area contributed by atoms with Crippen LogP contribution in [0.2, 0.25) is 0 Å². The Hall–Kier alpha value is -2.47. The molecule has 3 aromatic rings. The van der Waals surface area contributed by atoms with Gasteiger partial charge in [-0.2, -0.15) is 16.3 Å². The molecule has 0 N–H and O–H groups in total. The van der Waals surface area contributed by atoms with Crippen LogP contribution in [0.3, 0.4) is 0 Å². The molecule has 1 aromatic carbocycles. The van der Waals surface area contributed by atoms with Crippen molar-refractivity contribution >= 4 is 17.2 Å². The standard InChI is InChI=1S/C18H17N3O2S/c22-18(21-8-2-1-3-9-21)14-6-4-5-13(11-14)16-19-17(23-20-16)15-7-10-24-12-15/h4-7,10-12H,1-3,8-9H2. The van der Waals surface area contributed by atoms with Crippen molar-refractivity contribution in [3.8, 4) is 22.8 Å². The van der Waals surface area contributed by atoms with Crippen LogP contribution in [-0.4, -0.2) is 34.0 Å². The lowest BCUT2D eigenvalue weighted by atomic mass is 10.1. The van der Waals surface area contributed by atoms with Crippen molar-refractivity contribution < 1.29 is 9.32 Å². The first-order valence-corrected chi connectivity index (χ1v) is 9.01. The lowest BCUT2D eigenvalue weighted by Crippen LogP contribution is -2.35. The number of aromatic nitrogens is 2. The number of benzene rings is 1. The molecular weight excluding hydrogens is 322 g/mol. The van der Waals surface area contributed by atoms with Crippen LogP contribution in [0.15, 0.2) is 45.6 Å². The summed E-state index contributed by atoms with van der Waals surface area (Å²) in [7, 11) is 0. The minimum absolute atomic E-state index is 0.0816. The van der Waals surface area contributed by atoms with Gasteiger partial charge in [0.15, 0.2) is 0 Å². The lowest BCUT2D eigenvalue weighted by molar-refractivity contribution is 0.0724. The van der Waals surface area contributed by atoms with E-state index in [4.69, 9.17) is 4.52 Å². The van der Waals surface area contributed by atoms with Crippen molar-refractivity contribution in [1.29, 1.82) is 0 Å². The number of likely N-dealkylation sites (tertiary alicyclic amines) is 1. The molecule has 1 saturated heterocycles. The van der Waals surface area contributed by atoms with Gasteiger partial charge in [0.25, 0.3) is 11.8 Å². The topological polar surface area (TPSA) is 59.2 Å². The van der Waals surface area contributed by atoms with Crippen LogP contribution in [0.1, 0.15) is 29.6 Å². The SMILES string of the molecule is O=C(c1cccc(-c2noc(-c3ccsc3)n2)c1)N1CCCCC1. The van der Waals surface area contributed by atoms with Crippen LogP contribution in [0.5, 0.6) is 0 Å². The van der Waals surface area contributed by atoms with Crippen molar-refractivity contribution in [2.24, 2.45) is 0 Å². The van der Waals surface area contributed by atoms with E-state index < -0.39 is 0 Å². The Morgan fingerprint density at radius 1 is 1.12 bits per heavy atom. The normalized spacial score (nSPS) is 14.8. The van der Waals surface area contributed by atoms with Gasteiger partial charge in [-0.25, -0.2) is 0 Å². The lowest BCUT2D eigenvalue weighted by Gasteiger charge is -2.26. The van der Waals surface area contributed by atoms with Gasteiger partial charge in [-0.05, 0) is 42.8 Å². The Morgan fingerprint density at radius 3 is 2.79 bits per heavy atom. The molecular formula is C18H17N3O2S. The van der Waals surface area contributed by atoms with Gasteiger partial charge >= 0.3 is 0 Å². The summed E-state index contributed by atoms with van der Waals surface area (Å²) < 4.78 is 5.33. The highest BCUT2D eigenvalue weighted by atomic mass is 32.1. The molecule has 5 nitrogen and oxygen atoms in total. The summed E-state index contributed by atoms with van der Waals surface area (Å²) in [5.41, 5.74) is 2.39. The summed E-state index contributed by atoms with van der Waals surface area (Å²) in [4.78, 5) is 19.0. The van der Waals surface area contributed by atoms with E-state index in [1.807, 2.05) is 46.0 Å². The monoisotopic (exact) mass is 339 g/mol. The number of piperidine rings is 1. The number of hydrogen-bond donors (Lipinski definition) is 0. The number of nitrogens with zero attached hydrogens (tertiary/aromatic N) is 3. The summed E-state index contributed by atoms with van der Waals surface area (Å²) >= 11 is 1.58. The highest BCUT2D eigenvalue weighted by Crippen LogP contribution is 2.25. The summed E-state index contributed by atoms with van der Waals surface area (Å²) in [6, 6.07) is 9.40. The molecule has 1 aliphatic rings. The molecule has 2 aromatic heterocycles. The summed E-state index contributed by atoms with van der Waals surface area (Å²) in [5.74, 6) is 1.08. The second kappa shape index (κ2) is 6.57. The predicted octanol–water partition coefficient (Wildman–Crippen LogP) is 4.09. The maximum atomic E-state index is 12.6. The van der Waals surface area contributed by atoms with Crippen molar-refractivity contribution in [3.05, 3.63) is 46.7 Å². The zero-order chi connectivity index (χ0) is 16.4. The highest BCUT2D eigenvalue weighted by molar-refractivity contribution is 7.08. The van der Waals surface area contributed by atoms with Crippen LogP contribution in [-0.2, 0) is 0 Å². The number of rotatable bonds is 3. The van der Waals surface area contributed by atoms with E-state index in [1.54, 1.807) is 11.3 Å². The van der Waals surface area contributed by atoms with Gasteiger partial charge in [0.1, 0.15) is 0 Å². The fourth-order valence-electron chi connectivity index (χ4n) is 2.92. The van der Waals surface area contributed by atoms with Crippen LogP contribution in [0, 0.1) is 0 Å². The quantitative estimate of drug-likeness (QED) is 0.721. The minimum atomic E-state index is 0.0816. The number of thiophene rings is 1. The first-order chi connectivity index (χ1) is 11.8. The zero-order valence-electron chi connectivity index (χ0n) is 13.1. The first kappa shape index (κ1) is 15.1. The Bertz CT molecular complexity index is 836. The third-order valence-corrected chi connectivity index (χ3v) is 4.89. The molecule has 0 atom stereocenters. The predicted molar refractivity (Wildman–Crippen MR) is 92.8 cm³/mol. The van der Waals surface area contributed by atoms with E-state index in [2.05, 4.69) is 10.1 Å². The number of carbonyl (C=O) groups excluding carboxylic acids is 1. The molecule has 3 heterocycles. The average molecular weight is 339 g/mol. The summed E-state index contributed by atoms with van der Waals surface area (Å²) in [5, 5.41) is 7.98. The van der Waals surface area contributed by atoms with Gasteiger partial charge in [-0.1, -0.05) is 17.3 Å². The van der Waals surface area contributed by atoms with Gasteiger partial charge < -0.3 is 9.42 Å². The molecule has 1 fully saturated rings. The van der Waals surface area contributed by atoms with Gasteiger partial charge in [0.05, 0.1) is 5.56 Å². The molecule has 0 saturated carbocycles. The van der Waals surface area contributed by atoms with Crippen LogP contribution < -0.4 is 0 Å². The van der Waals surface area contributed by atoms with E-state index in [9.17, 15) is 4.79 Å². The average Bonchev–Trinajstić information content (AvgIpc) is 3.33. The maximum Gasteiger partial charge on any atom is 0.259 e. The molecule has 0 radical (unpaired) electrons. The van der Waals surface area contributed by atoms with Gasteiger partial charge in [-0.15, -0.1) is 0 Å². The summed E-state index contributed by atoms with van der Waals surface area (Å²) in [6.07, 6.45) is 3.37. The molecule has 1 aliphatic heterocycles. The van der Waals surface area contributed by atoms with Gasteiger partial charge in [-0.3, -0.25) is 4.79 Å². The third kappa shape index (κ3) is 2.97. The smallest absolute Gasteiger partial charge is 0.259 e. The van der Waals surface area contributed by atoms with E-state index in [0.717, 1.165) is 37.1 Å². The second-order valence-corrected chi connectivity index (χ2v) is 6.65. The Balaban J connectivity index is 1.59. The Morgan fingerprint density at radius 2 is 2.00 bits per heavy atom. The molecule has 6 heteroatoms. The van der Waals surface area contributed by atoms with Crippen molar-refractivity contribution in [2.75, 3.05) is 13.1 Å². The molecule has 0 bridgehead atoms. The fraction of sp³-hybridized carbons (Fsp3) is 0.278. The van der Waals surface area contributed by atoms with Gasteiger partial charge in [0.2, 0.25) is 5.82 Å². The molecule has 0 spiro atoms. The largest absolute Gasteiger partial charge is 0.339 e. The molecule has 4 rings (SSSR count). The first-order valence-electron chi connectivity index (χ1n) is 8.07. The van der Waals surface area contributed by atoms with Crippen molar-refractivity contribution in [2.45, 2.75) is 19.3 Å². The van der Waals surface area contributed by atoms with Crippen LogP contribution in [0.25, 0.3) is 22.8 Å². The van der Waals surface area contributed by atoms with Crippen molar-refractivity contribution in [3.63, 3.8) is 0 Å². The number of carbonyl (C=O) groups is 1.